The number of likely N-dealkylation sites (tertiary alicyclic amines) is 1. The van der Waals surface area contributed by atoms with Crippen LogP contribution < -0.4 is 10.2 Å². The van der Waals surface area contributed by atoms with Crippen molar-refractivity contribution in [1.82, 2.24) is 0 Å². The van der Waals surface area contributed by atoms with E-state index >= 15 is 0 Å². The molecule has 3 nitrogen and oxygen atoms in total. The minimum Gasteiger partial charge on any atom is -0.331 e. The van der Waals surface area contributed by atoms with E-state index < -0.39 is 0 Å². The summed E-state index contributed by atoms with van der Waals surface area (Å²) >= 11 is 3.39. The van der Waals surface area contributed by atoms with Crippen LogP contribution in [0.1, 0.15) is 35.2 Å². The first-order chi connectivity index (χ1) is 11.2. The lowest BCUT2D eigenvalue weighted by atomic mass is 10.1. The molecule has 1 saturated heterocycles. The fourth-order valence-corrected chi connectivity index (χ4v) is 3.46. The summed E-state index contributed by atoms with van der Waals surface area (Å²) < 4.78 is 0.907. The Labute approximate surface area is 145 Å². The number of halogens is 1. The number of amides is 1. The molecule has 4 heteroatoms. The average Bonchev–Trinajstić information content (AvgIpc) is 2.57. The van der Waals surface area contributed by atoms with Crippen molar-refractivity contribution in [2.75, 3.05) is 18.4 Å². The van der Waals surface area contributed by atoms with Crippen LogP contribution in [0.3, 0.4) is 0 Å². The van der Waals surface area contributed by atoms with Crippen molar-refractivity contribution in [3.8, 4) is 0 Å². The molecule has 0 unspecified atom stereocenters. The van der Waals surface area contributed by atoms with Gasteiger partial charge in [-0.25, -0.2) is 0 Å². The molecule has 1 amide bonds. The lowest BCUT2D eigenvalue weighted by molar-refractivity contribution is -0.918. The number of hydrogen-bond donors (Lipinski definition) is 2. The molecule has 1 heterocycles. The van der Waals surface area contributed by atoms with E-state index in [9.17, 15) is 4.79 Å². The molecule has 1 aliphatic rings. The van der Waals surface area contributed by atoms with Crippen molar-refractivity contribution in [3.05, 3.63) is 64.1 Å². The number of rotatable bonds is 4. The van der Waals surface area contributed by atoms with Gasteiger partial charge < -0.3 is 10.2 Å². The molecule has 1 aliphatic heterocycles. The SMILES string of the molecule is O=C(Nc1ccc(C[NH+]2CCCCC2)cc1)c1cccc(Br)c1. The smallest absolute Gasteiger partial charge is 0.255 e. The second kappa shape index (κ2) is 7.75. The van der Waals surface area contributed by atoms with E-state index in [-0.39, 0.29) is 5.91 Å². The van der Waals surface area contributed by atoms with Crippen LogP contribution >= 0.6 is 15.9 Å². The van der Waals surface area contributed by atoms with E-state index in [2.05, 4.69) is 33.4 Å². The van der Waals surface area contributed by atoms with Gasteiger partial charge in [-0.05, 0) is 49.6 Å². The maximum Gasteiger partial charge on any atom is 0.255 e. The Morgan fingerprint density at radius 2 is 1.78 bits per heavy atom. The Hall–Kier alpha value is -1.65. The predicted octanol–water partition coefficient (Wildman–Crippen LogP) is 3.27. The quantitative estimate of drug-likeness (QED) is 0.846. The van der Waals surface area contributed by atoms with Gasteiger partial charge in [-0.15, -0.1) is 0 Å². The molecule has 0 aromatic heterocycles. The molecule has 0 atom stereocenters. The van der Waals surface area contributed by atoms with Crippen LogP contribution in [0.5, 0.6) is 0 Å². The molecule has 2 aromatic carbocycles. The van der Waals surface area contributed by atoms with E-state index in [1.165, 1.54) is 37.9 Å². The average molecular weight is 374 g/mol. The number of anilines is 1. The molecule has 0 radical (unpaired) electrons. The van der Waals surface area contributed by atoms with Gasteiger partial charge in [0.05, 0.1) is 13.1 Å². The first-order valence-electron chi connectivity index (χ1n) is 8.20. The Kier molecular flexibility index (Phi) is 5.47. The number of piperidine rings is 1. The van der Waals surface area contributed by atoms with Gasteiger partial charge >= 0.3 is 0 Å². The highest BCUT2D eigenvalue weighted by molar-refractivity contribution is 9.10. The fourth-order valence-electron chi connectivity index (χ4n) is 3.06. The number of nitrogens with one attached hydrogen (secondary N) is 2. The van der Waals surface area contributed by atoms with Crippen molar-refractivity contribution in [3.63, 3.8) is 0 Å². The lowest BCUT2D eigenvalue weighted by Crippen LogP contribution is -3.11. The lowest BCUT2D eigenvalue weighted by Gasteiger charge is -2.23. The van der Waals surface area contributed by atoms with E-state index in [1.807, 2.05) is 36.4 Å². The van der Waals surface area contributed by atoms with E-state index in [0.29, 0.717) is 5.56 Å². The first-order valence-corrected chi connectivity index (χ1v) is 8.99. The second-order valence-corrected chi connectivity index (χ2v) is 7.06. The molecular formula is C19H22BrN2O+. The highest BCUT2D eigenvalue weighted by Gasteiger charge is 2.13. The Morgan fingerprint density at radius 3 is 2.48 bits per heavy atom. The van der Waals surface area contributed by atoms with Crippen molar-refractivity contribution < 1.29 is 9.69 Å². The zero-order valence-electron chi connectivity index (χ0n) is 13.1. The van der Waals surface area contributed by atoms with E-state index in [0.717, 1.165) is 16.7 Å². The third kappa shape index (κ3) is 4.66. The standard InChI is InChI=1S/C19H21BrN2O/c20-17-6-4-5-16(13-17)19(23)21-18-9-7-15(8-10-18)14-22-11-2-1-3-12-22/h4-10,13H,1-3,11-12,14H2,(H,21,23)/p+1. The number of carbonyl (C=O) groups excluding carboxylic acids is 1. The molecule has 2 N–H and O–H groups in total. The monoisotopic (exact) mass is 373 g/mol. The van der Waals surface area contributed by atoms with E-state index in [4.69, 9.17) is 0 Å². The number of quaternary nitrogens is 1. The molecule has 23 heavy (non-hydrogen) atoms. The third-order valence-electron chi connectivity index (χ3n) is 4.31. The van der Waals surface area contributed by atoms with Crippen molar-refractivity contribution in [2.24, 2.45) is 0 Å². The summed E-state index contributed by atoms with van der Waals surface area (Å²) in [4.78, 5) is 13.9. The van der Waals surface area contributed by atoms with Crippen molar-refractivity contribution in [1.29, 1.82) is 0 Å². The largest absolute Gasteiger partial charge is 0.331 e. The zero-order chi connectivity index (χ0) is 16.1. The summed E-state index contributed by atoms with van der Waals surface area (Å²) in [6, 6.07) is 15.6. The van der Waals surface area contributed by atoms with Crippen LogP contribution in [-0.4, -0.2) is 19.0 Å². The summed E-state index contributed by atoms with van der Waals surface area (Å²) in [6.45, 7) is 3.64. The molecule has 0 aliphatic carbocycles. The van der Waals surface area contributed by atoms with Gasteiger partial charge in [0.25, 0.3) is 5.91 Å². The van der Waals surface area contributed by atoms with Gasteiger partial charge in [0.2, 0.25) is 0 Å². The maximum absolute atomic E-state index is 12.2. The molecule has 0 bridgehead atoms. The van der Waals surface area contributed by atoms with Crippen molar-refractivity contribution >= 4 is 27.5 Å². The number of benzene rings is 2. The summed E-state index contributed by atoms with van der Waals surface area (Å²) in [6.07, 6.45) is 4.07. The summed E-state index contributed by atoms with van der Waals surface area (Å²) in [5, 5.41) is 2.95. The van der Waals surface area contributed by atoms with Gasteiger partial charge in [0.1, 0.15) is 6.54 Å². The normalized spacial score (nSPS) is 15.3. The predicted molar refractivity (Wildman–Crippen MR) is 96.8 cm³/mol. The van der Waals surface area contributed by atoms with Crippen LogP contribution in [0, 0.1) is 0 Å². The van der Waals surface area contributed by atoms with Gasteiger partial charge in [0.15, 0.2) is 0 Å². The number of hydrogen-bond acceptors (Lipinski definition) is 1. The van der Waals surface area contributed by atoms with Gasteiger partial charge in [-0.1, -0.05) is 34.1 Å². The fraction of sp³-hybridized carbons (Fsp3) is 0.316. The Balaban J connectivity index is 1.59. The highest BCUT2D eigenvalue weighted by atomic mass is 79.9. The summed E-state index contributed by atoms with van der Waals surface area (Å²) in [7, 11) is 0. The third-order valence-corrected chi connectivity index (χ3v) is 4.81. The van der Waals surface area contributed by atoms with Gasteiger partial charge in [0, 0.05) is 21.3 Å². The number of carbonyl (C=O) groups is 1. The summed E-state index contributed by atoms with van der Waals surface area (Å²) in [5.41, 5.74) is 2.83. The van der Waals surface area contributed by atoms with Crippen LogP contribution in [0.25, 0.3) is 0 Å². The molecular weight excluding hydrogens is 352 g/mol. The molecule has 2 aromatic rings. The topological polar surface area (TPSA) is 33.5 Å². The van der Waals surface area contributed by atoms with Crippen molar-refractivity contribution in [2.45, 2.75) is 25.8 Å². The summed E-state index contributed by atoms with van der Waals surface area (Å²) in [5.74, 6) is -0.0827. The Bertz CT molecular complexity index is 663. The highest BCUT2D eigenvalue weighted by Crippen LogP contribution is 2.15. The van der Waals surface area contributed by atoms with Crippen LogP contribution in [0.2, 0.25) is 0 Å². The molecule has 1 fully saturated rings. The van der Waals surface area contributed by atoms with Crippen LogP contribution in [0.15, 0.2) is 53.0 Å². The first kappa shape index (κ1) is 16.2. The molecule has 0 spiro atoms. The maximum atomic E-state index is 12.2. The van der Waals surface area contributed by atoms with Gasteiger partial charge in [-0.2, -0.15) is 0 Å². The second-order valence-electron chi connectivity index (χ2n) is 6.15. The Morgan fingerprint density at radius 1 is 1.04 bits per heavy atom. The minimum atomic E-state index is -0.0827. The zero-order valence-corrected chi connectivity index (χ0v) is 14.7. The van der Waals surface area contributed by atoms with Crippen LogP contribution in [0.4, 0.5) is 5.69 Å². The van der Waals surface area contributed by atoms with Crippen LogP contribution in [-0.2, 0) is 6.54 Å². The minimum absolute atomic E-state index is 0.0827. The molecule has 120 valence electrons. The molecule has 3 rings (SSSR count). The van der Waals surface area contributed by atoms with Gasteiger partial charge in [-0.3, -0.25) is 4.79 Å². The molecule has 0 saturated carbocycles. The van der Waals surface area contributed by atoms with E-state index in [1.54, 1.807) is 4.90 Å².